The molecule has 1 atom stereocenters. The van der Waals surface area contributed by atoms with E-state index < -0.39 is 0 Å². The van der Waals surface area contributed by atoms with Crippen LogP contribution >= 0.6 is 23.2 Å². The van der Waals surface area contributed by atoms with E-state index in [9.17, 15) is 0 Å². The molecule has 0 saturated heterocycles. The summed E-state index contributed by atoms with van der Waals surface area (Å²) in [5.74, 6) is 0. The van der Waals surface area contributed by atoms with Crippen LogP contribution in [0.5, 0.6) is 0 Å². The van der Waals surface area contributed by atoms with E-state index in [-0.39, 0.29) is 6.04 Å². The van der Waals surface area contributed by atoms with Gasteiger partial charge in [-0.2, -0.15) is 0 Å². The Kier molecular flexibility index (Phi) is 4.81. The lowest BCUT2D eigenvalue weighted by Gasteiger charge is -2.18. The first kappa shape index (κ1) is 14.3. The Balaban J connectivity index is 2.26. The van der Waals surface area contributed by atoms with Gasteiger partial charge < -0.3 is 5.32 Å². The lowest BCUT2D eigenvalue weighted by atomic mass is 10.00. The molecule has 100 valence electrons. The average Bonchev–Trinajstić information content (AvgIpc) is 2.40. The summed E-state index contributed by atoms with van der Waals surface area (Å²) in [4.78, 5) is 4.33. The number of hydrogen-bond acceptors (Lipinski definition) is 2. The first-order valence-electron chi connectivity index (χ1n) is 6.14. The van der Waals surface area contributed by atoms with E-state index in [4.69, 9.17) is 23.2 Å². The third-order valence-electron chi connectivity index (χ3n) is 3.16. The van der Waals surface area contributed by atoms with Crippen molar-refractivity contribution in [2.75, 3.05) is 7.05 Å². The van der Waals surface area contributed by atoms with E-state index in [1.54, 1.807) is 0 Å². The molecule has 0 radical (unpaired) electrons. The van der Waals surface area contributed by atoms with Crippen molar-refractivity contribution in [3.8, 4) is 0 Å². The lowest BCUT2D eigenvalue weighted by molar-refractivity contribution is 0.590. The summed E-state index contributed by atoms with van der Waals surface area (Å²) >= 11 is 12.4. The first-order valence-corrected chi connectivity index (χ1v) is 6.90. The maximum Gasteiger partial charge on any atom is 0.0453 e. The molecule has 0 bridgehead atoms. The number of likely N-dealkylation sites (N-methyl/N-ethyl adjacent to an activating group) is 1. The Bertz CT molecular complexity index is 532. The van der Waals surface area contributed by atoms with Crippen LogP contribution in [0.25, 0.3) is 0 Å². The molecular formula is C15H16Cl2N2. The fourth-order valence-electron chi connectivity index (χ4n) is 2.00. The number of benzene rings is 1. The number of aromatic nitrogens is 1. The summed E-state index contributed by atoms with van der Waals surface area (Å²) in [5, 5.41) is 4.69. The van der Waals surface area contributed by atoms with Gasteiger partial charge in [0, 0.05) is 28.0 Å². The number of aryl methyl sites for hydroxylation is 1. The minimum atomic E-state index is 0.144. The molecule has 0 saturated carbocycles. The Labute approximate surface area is 123 Å². The smallest absolute Gasteiger partial charge is 0.0453 e. The average molecular weight is 295 g/mol. The van der Waals surface area contributed by atoms with Crippen molar-refractivity contribution in [1.82, 2.24) is 10.3 Å². The maximum absolute atomic E-state index is 6.22. The molecule has 0 amide bonds. The molecule has 0 aliphatic rings. The number of pyridine rings is 1. The lowest BCUT2D eigenvalue weighted by Crippen LogP contribution is -2.19. The molecule has 1 N–H and O–H groups in total. The molecule has 4 heteroatoms. The summed E-state index contributed by atoms with van der Waals surface area (Å²) < 4.78 is 0. The van der Waals surface area contributed by atoms with Gasteiger partial charge in [0.05, 0.1) is 0 Å². The Morgan fingerprint density at radius 1 is 1.16 bits per heavy atom. The van der Waals surface area contributed by atoms with Gasteiger partial charge in [0.15, 0.2) is 0 Å². The zero-order valence-corrected chi connectivity index (χ0v) is 12.5. The van der Waals surface area contributed by atoms with E-state index in [1.165, 1.54) is 0 Å². The molecule has 0 aliphatic heterocycles. The zero-order valence-electron chi connectivity index (χ0n) is 11.0. The van der Waals surface area contributed by atoms with Crippen molar-refractivity contribution >= 4 is 23.2 Å². The van der Waals surface area contributed by atoms with Crippen molar-refractivity contribution in [2.24, 2.45) is 0 Å². The minimum absolute atomic E-state index is 0.144. The summed E-state index contributed by atoms with van der Waals surface area (Å²) in [6.45, 7) is 1.98. The van der Waals surface area contributed by atoms with Crippen LogP contribution in [0.1, 0.15) is 22.9 Å². The van der Waals surface area contributed by atoms with E-state index in [1.807, 2.05) is 44.4 Å². The van der Waals surface area contributed by atoms with Crippen LogP contribution in [-0.2, 0) is 6.42 Å². The second-order valence-electron chi connectivity index (χ2n) is 4.48. The maximum atomic E-state index is 6.22. The van der Waals surface area contributed by atoms with Crippen LogP contribution < -0.4 is 5.32 Å². The second-order valence-corrected chi connectivity index (χ2v) is 5.29. The number of nitrogens with one attached hydrogen (secondary N) is 1. The zero-order chi connectivity index (χ0) is 13.8. The van der Waals surface area contributed by atoms with Gasteiger partial charge in [-0.25, -0.2) is 0 Å². The Hall–Kier alpha value is -1.09. The third kappa shape index (κ3) is 3.47. The number of hydrogen-bond donors (Lipinski definition) is 1. The molecule has 2 rings (SSSR count). The molecule has 0 fully saturated rings. The number of rotatable bonds is 4. The standard InChI is InChI=1S/C15H16Cl2N2/c1-10-6-7-11(9-19-10)15(18-2)8-12-13(16)4-3-5-14(12)17/h3-7,9,15,18H,8H2,1-2H3. The highest BCUT2D eigenvalue weighted by molar-refractivity contribution is 6.36. The quantitative estimate of drug-likeness (QED) is 0.914. The van der Waals surface area contributed by atoms with Crippen LogP contribution in [0.3, 0.4) is 0 Å². The topological polar surface area (TPSA) is 24.9 Å². The highest BCUT2D eigenvalue weighted by Crippen LogP contribution is 2.29. The fourth-order valence-corrected chi connectivity index (χ4v) is 2.56. The number of nitrogens with zero attached hydrogens (tertiary/aromatic N) is 1. The molecule has 2 aromatic rings. The molecule has 0 aliphatic carbocycles. The van der Waals surface area contributed by atoms with Crippen molar-refractivity contribution in [3.05, 3.63) is 63.4 Å². The first-order chi connectivity index (χ1) is 9.11. The SMILES string of the molecule is CNC(Cc1c(Cl)cccc1Cl)c1ccc(C)nc1. The van der Waals surface area contributed by atoms with Crippen molar-refractivity contribution < 1.29 is 0 Å². The van der Waals surface area contributed by atoms with Crippen LogP contribution in [0, 0.1) is 6.92 Å². The Morgan fingerprint density at radius 2 is 1.84 bits per heavy atom. The van der Waals surface area contributed by atoms with Crippen molar-refractivity contribution in [1.29, 1.82) is 0 Å². The van der Waals surface area contributed by atoms with Crippen LogP contribution in [-0.4, -0.2) is 12.0 Å². The van der Waals surface area contributed by atoms with Gasteiger partial charge in [0.2, 0.25) is 0 Å². The molecule has 19 heavy (non-hydrogen) atoms. The van der Waals surface area contributed by atoms with E-state index in [2.05, 4.69) is 16.4 Å². The van der Waals surface area contributed by atoms with Gasteiger partial charge in [-0.15, -0.1) is 0 Å². The molecule has 1 aromatic heterocycles. The molecule has 1 aromatic carbocycles. The fraction of sp³-hybridized carbons (Fsp3) is 0.267. The summed E-state index contributed by atoms with van der Waals surface area (Å²) in [6.07, 6.45) is 2.63. The second kappa shape index (κ2) is 6.38. The molecule has 1 unspecified atom stereocenters. The minimum Gasteiger partial charge on any atom is -0.313 e. The van der Waals surface area contributed by atoms with Crippen molar-refractivity contribution in [3.63, 3.8) is 0 Å². The largest absolute Gasteiger partial charge is 0.313 e. The van der Waals surface area contributed by atoms with Gasteiger partial charge in [-0.05, 0) is 49.7 Å². The van der Waals surface area contributed by atoms with Gasteiger partial charge in [0.1, 0.15) is 0 Å². The van der Waals surface area contributed by atoms with Crippen molar-refractivity contribution in [2.45, 2.75) is 19.4 Å². The predicted octanol–water partition coefficient (Wildman–Crippen LogP) is 4.20. The highest BCUT2D eigenvalue weighted by atomic mass is 35.5. The third-order valence-corrected chi connectivity index (χ3v) is 3.86. The normalized spacial score (nSPS) is 12.4. The van der Waals surface area contributed by atoms with Crippen LogP contribution in [0.4, 0.5) is 0 Å². The van der Waals surface area contributed by atoms with Crippen LogP contribution in [0.15, 0.2) is 36.5 Å². The summed E-state index contributed by atoms with van der Waals surface area (Å²) in [7, 11) is 1.93. The molecule has 1 heterocycles. The predicted molar refractivity (Wildman–Crippen MR) is 80.9 cm³/mol. The number of halogens is 2. The van der Waals surface area contributed by atoms with E-state index >= 15 is 0 Å². The van der Waals surface area contributed by atoms with Gasteiger partial charge in [-0.3, -0.25) is 4.98 Å². The Morgan fingerprint density at radius 3 is 2.37 bits per heavy atom. The monoisotopic (exact) mass is 294 g/mol. The van der Waals surface area contributed by atoms with Gasteiger partial charge >= 0.3 is 0 Å². The molecule has 2 nitrogen and oxygen atoms in total. The summed E-state index contributed by atoms with van der Waals surface area (Å²) in [5.41, 5.74) is 3.10. The molecule has 0 spiro atoms. The summed E-state index contributed by atoms with van der Waals surface area (Å²) in [6, 6.07) is 9.81. The van der Waals surface area contributed by atoms with E-state index in [0.717, 1.165) is 23.2 Å². The highest BCUT2D eigenvalue weighted by Gasteiger charge is 2.14. The van der Waals surface area contributed by atoms with Gasteiger partial charge in [-0.1, -0.05) is 35.3 Å². The van der Waals surface area contributed by atoms with E-state index in [0.29, 0.717) is 10.0 Å². The van der Waals surface area contributed by atoms with Gasteiger partial charge in [0.25, 0.3) is 0 Å². The molecular weight excluding hydrogens is 279 g/mol. The van der Waals surface area contributed by atoms with Crippen LogP contribution in [0.2, 0.25) is 10.0 Å².